The van der Waals surface area contributed by atoms with Gasteiger partial charge in [-0.25, -0.2) is 0 Å². The monoisotopic (exact) mass is 429 g/mol. The van der Waals surface area contributed by atoms with E-state index in [1.54, 1.807) is 17.0 Å². The van der Waals surface area contributed by atoms with Crippen LogP contribution in [0.3, 0.4) is 0 Å². The van der Waals surface area contributed by atoms with E-state index < -0.39 is 0 Å². The predicted octanol–water partition coefficient (Wildman–Crippen LogP) is 4.37. The summed E-state index contributed by atoms with van der Waals surface area (Å²) in [5.74, 6) is 0.116. The lowest BCUT2D eigenvalue weighted by Crippen LogP contribution is -2.25. The SMILES string of the molecule is O=C1CC(Br)CN1c1c(Br)cc(Cl)cc1Br. The minimum absolute atomic E-state index is 0.116. The third kappa shape index (κ3) is 2.47. The van der Waals surface area contributed by atoms with Crippen LogP contribution in [0, 0.1) is 0 Å². The van der Waals surface area contributed by atoms with Crippen molar-refractivity contribution in [3.05, 3.63) is 26.1 Å². The van der Waals surface area contributed by atoms with E-state index in [-0.39, 0.29) is 10.7 Å². The summed E-state index contributed by atoms with van der Waals surface area (Å²) in [7, 11) is 0. The highest BCUT2D eigenvalue weighted by atomic mass is 79.9. The second-order valence-electron chi connectivity index (χ2n) is 3.52. The molecule has 0 bridgehead atoms. The number of nitrogens with zero attached hydrogens (tertiary/aromatic N) is 1. The van der Waals surface area contributed by atoms with Gasteiger partial charge < -0.3 is 4.90 Å². The van der Waals surface area contributed by atoms with Gasteiger partial charge in [-0.15, -0.1) is 0 Å². The average molecular weight is 432 g/mol. The van der Waals surface area contributed by atoms with E-state index in [9.17, 15) is 4.79 Å². The lowest BCUT2D eigenvalue weighted by Gasteiger charge is -2.19. The molecule has 2 nitrogen and oxygen atoms in total. The van der Waals surface area contributed by atoms with E-state index in [0.29, 0.717) is 18.0 Å². The molecule has 1 amide bonds. The number of halogens is 4. The lowest BCUT2D eigenvalue weighted by molar-refractivity contribution is -0.117. The Morgan fingerprint density at radius 1 is 1.31 bits per heavy atom. The van der Waals surface area contributed by atoms with Crippen molar-refractivity contribution >= 4 is 71.0 Å². The zero-order valence-corrected chi connectivity index (χ0v) is 13.5. The first-order valence-electron chi connectivity index (χ1n) is 4.58. The summed E-state index contributed by atoms with van der Waals surface area (Å²) in [5.41, 5.74) is 0.844. The Bertz CT molecular complexity index is 429. The summed E-state index contributed by atoms with van der Waals surface area (Å²) < 4.78 is 1.64. The van der Waals surface area contributed by atoms with Gasteiger partial charge in [0.25, 0.3) is 0 Å². The van der Waals surface area contributed by atoms with Crippen LogP contribution >= 0.6 is 59.4 Å². The van der Waals surface area contributed by atoms with Gasteiger partial charge in [-0.3, -0.25) is 4.79 Å². The third-order valence-electron chi connectivity index (χ3n) is 2.33. The van der Waals surface area contributed by atoms with Crippen LogP contribution < -0.4 is 4.90 Å². The summed E-state index contributed by atoms with van der Waals surface area (Å²) in [4.78, 5) is 13.8. The average Bonchev–Trinajstić information content (AvgIpc) is 2.43. The topological polar surface area (TPSA) is 20.3 Å². The molecule has 0 radical (unpaired) electrons. The molecule has 0 N–H and O–H groups in total. The zero-order valence-electron chi connectivity index (χ0n) is 8.01. The molecular weight excluding hydrogens is 425 g/mol. The van der Waals surface area contributed by atoms with Crippen LogP contribution in [0.25, 0.3) is 0 Å². The molecule has 1 aliphatic heterocycles. The Labute approximate surface area is 124 Å². The van der Waals surface area contributed by atoms with Gasteiger partial charge >= 0.3 is 0 Å². The van der Waals surface area contributed by atoms with E-state index >= 15 is 0 Å². The number of alkyl halides is 1. The first-order valence-corrected chi connectivity index (χ1v) is 7.46. The van der Waals surface area contributed by atoms with E-state index in [0.717, 1.165) is 14.6 Å². The van der Waals surface area contributed by atoms with E-state index in [1.807, 2.05) is 0 Å². The maximum Gasteiger partial charge on any atom is 0.228 e. The molecule has 1 aromatic rings. The normalized spacial score (nSPS) is 20.6. The highest BCUT2D eigenvalue weighted by Crippen LogP contribution is 2.39. The molecule has 16 heavy (non-hydrogen) atoms. The number of carbonyl (C=O) groups is 1. The molecule has 1 aliphatic rings. The number of carbonyl (C=O) groups excluding carboxylic acids is 1. The van der Waals surface area contributed by atoms with Gasteiger partial charge in [0, 0.05) is 31.8 Å². The second-order valence-corrected chi connectivity index (χ2v) is 6.96. The minimum Gasteiger partial charge on any atom is -0.309 e. The summed E-state index contributed by atoms with van der Waals surface area (Å²) in [6.07, 6.45) is 0.529. The molecule has 0 saturated carbocycles. The summed E-state index contributed by atoms with van der Waals surface area (Å²) in [6.45, 7) is 0.678. The molecule has 0 spiro atoms. The number of hydrogen-bond donors (Lipinski definition) is 0. The molecule has 6 heteroatoms. The Hall–Kier alpha value is 0.420. The van der Waals surface area contributed by atoms with E-state index in [4.69, 9.17) is 11.6 Å². The lowest BCUT2D eigenvalue weighted by atomic mass is 10.3. The molecule has 0 aromatic heterocycles. The molecule has 1 aromatic carbocycles. The fraction of sp³-hybridized carbons (Fsp3) is 0.300. The highest BCUT2D eigenvalue weighted by Gasteiger charge is 2.31. The van der Waals surface area contributed by atoms with Crippen LogP contribution in [0.4, 0.5) is 5.69 Å². The van der Waals surface area contributed by atoms with Gasteiger partial charge in [-0.1, -0.05) is 27.5 Å². The van der Waals surface area contributed by atoms with Gasteiger partial charge in [-0.05, 0) is 44.0 Å². The molecule has 1 saturated heterocycles. The van der Waals surface area contributed by atoms with Gasteiger partial charge in [-0.2, -0.15) is 0 Å². The standard InChI is InChI=1S/C10H7Br3ClNO/c11-5-1-9(16)15(4-5)10-7(12)2-6(14)3-8(10)13/h2-3,5H,1,4H2. The van der Waals surface area contributed by atoms with Crippen LogP contribution in [0.2, 0.25) is 5.02 Å². The smallest absolute Gasteiger partial charge is 0.228 e. The number of hydrogen-bond acceptors (Lipinski definition) is 1. The Balaban J connectivity index is 2.44. The Morgan fingerprint density at radius 3 is 2.31 bits per heavy atom. The Kier molecular flexibility index (Phi) is 3.99. The van der Waals surface area contributed by atoms with Crippen molar-refractivity contribution in [2.45, 2.75) is 11.2 Å². The molecule has 1 heterocycles. The molecule has 1 unspecified atom stereocenters. The molecular formula is C10H7Br3ClNO. The maximum atomic E-state index is 11.8. The zero-order chi connectivity index (χ0) is 11.9. The Morgan fingerprint density at radius 2 is 1.88 bits per heavy atom. The van der Waals surface area contributed by atoms with E-state index in [1.165, 1.54) is 0 Å². The first kappa shape index (κ1) is 12.9. The summed E-state index contributed by atoms with van der Waals surface area (Å²) in [5, 5.41) is 0.629. The summed E-state index contributed by atoms with van der Waals surface area (Å²) in [6, 6.07) is 3.58. The van der Waals surface area contributed by atoms with Crippen molar-refractivity contribution in [1.82, 2.24) is 0 Å². The van der Waals surface area contributed by atoms with Crippen molar-refractivity contribution in [2.24, 2.45) is 0 Å². The molecule has 2 rings (SSSR count). The largest absolute Gasteiger partial charge is 0.309 e. The van der Waals surface area contributed by atoms with Crippen molar-refractivity contribution in [2.75, 3.05) is 11.4 Å². The van der Waals surface area contributed by atoms with Crippen LogP contribution in [0.5, 0.6) is 0 Å². The molecule has 1 atom stereocenters. The third-order valence-corrected chi connectivity index (χ3v) is 4.37. The van der Waals surface area contributed by atoms with Gasteiger partial charge in [0.1, 0.15) is 0 Å². The quantitative estimate of drug-likeness (QED) is 0.604. The van der Waals surface area contributed by atoms with Crippen LogP contribution in [-0.4, -0.2) is 17.3 Å². The van der Waals surface area contributed by atoms with Gasteiger partial charge in [0.2, 0.25) is 5.91 Å². The summed E-state index contributed by atoms with van der Waals surface area (Å²) >= 11 is 16.2. The number of amides is 1. The van der Waals surface area contributed by atoms with Crippen molar-refractivity contribution in [1.29, 1.82) is 0 Å². The predicted molar refractivity (Wildman–Crippen MR) is 76.5 cm³/mol. The highest BCUT2D eigenvalue weighted by molar-refractivity contribution is 9.11. The fourth-order valence-electron chi connectivity index (χ4n) is 1.67. The van der Waals surface area contributed by atoms with Crippen LogP contribution in [-0.2, 0) is 4.79 Å². The fourth-order valence-corrected chi connectivity index (χ4v) is 4.34. The van der Waals surface area contributed by atoms with Gasteiger partial charge in [0.15, 0.2) is 0 Å². The number of rotatable bonds is 1. The van der Waals surface area contributed by atoms with Crippen molar-refractivity contribution in [3.8, 4) is 0 Å². The molecule has 0 aliphatic carbocycles. The minimum atomic E-state index is 0.116. The molecule has 1 fully saturated rings. The molecule has 86 valence electrons. The first-order chi connectivity index (χ1) is 7.49. The van der Waals surface area contributed by atoms with Crippen LogP contribution in [0.15, 0.2) is 21.1 Å². The second kappa shape index (κ2) is 4.96. The van der Waals surface area contributed by atoms with Crippen LogP contribution in [0.1, 0.15) is 6.42 Å². The van der Waals surface area contributed by atoms with E-state index in [2.05, 4.69) is 47.8 Å². The van der Waals surface area contributed by atoms with Crippen molar-refractivity contribution in [3.63, 3.8) is 0 Å². The van der Waals surface area contributed by atoms with Crippen molar-refractivity contribution < 1.29 is 4.79 Å². The number of benzene rings is 1. The van der Waals surface area contributed by atoms with Gasteiger partial charge in [0.05, 0.1) is 5.69 Å². The number of anilines is 1. The maximum absolute atomic E-state index is 11.8.